The summed E-state index contributed by atoms with van der Waals surface area (Å²) in [6.07, 6.45) is 0. The van der Waals surface area contributed by atoms with Crippen molar-refractivity contribution in [3.05, 3.63) is 24.3 Å². The third kappa shape index (κ3) is 1.63. The van der Waals surface area contributed by atoms with Gasteiger partial charge in [-0.1, -0.05) is 38.2 Å². The lowest BCUT2D eigenvalue weighted by Gasteiger charge is -2.36. The van der Waals surface area contributed by atoms with Crippen molar-refractivity contribution in [1.29, 1.82) is 0 Å². The number of carbonyl (C=O) groups excluding carboxylic acids is 2. The molecule has 0 spiro atoms. The van der Waals surface area contributed by atoms with E-state index >= 15 is 0 Å². The zero-order chi connectivity index (χ0) is 14.7. The number of rotatable bonds is 2. The molecule has 1 heterocycles. The lowest BCUT2D eigenvalue weighted by atomic mass is 9.69. The van der Waals surface area contributed by atoms with Crippen LogP contribution in [0.5, 0.6) is 0 Å². The zero-order valence-electron chi connectivity index (χ0n) is 12.5. The van der Waals surface area contributed by atoms with E-state index in [4.69, 9.17) is 0 Å². The number of hydrogen-bond donors (Lipinski definition) is 0. The van der Waals surface area contributed by atoms with Crippen LogP contribution in [0.25, 0.3) is 0 Å². The second kappa shape index (κ2) is 4.06. The molecular weight excluding hydrogens is 238 g/mol. The standard InChI is InChI=1S/C16H23NO2/c1-8(2)12-10-11(15(19)17(7)14(10)18)13(9(3)4)16(12,5)6/h10-13H,1,3H2,2,4-7H3. The fourth-order valence-electron chi connectivity index (χ4n) is 4.57. The molecule has 0 aromatic rings. The number of fused-ring (bicyclic) bond motifs is 1. The van der Waals surface area contributed by atoms with Gasteiger partial charge in [0.1, 0.15) is 0 Å². The van der Waals surface area contributed by atoms with Crippen LogP contribution < -0.4 is 0 Å². The fourth-order valence-corrected chi connectivity index (χ4v) is 4.57. The Morgan fingerprint density at radius 3 is 1.58 bits per heavy atom. The van der Waals surface area contributed by atoms with Crippen molar-refractivity contribution in [1.82, 2.24) is 4.90 Å². The Hall–Kier alpha value is -1.38. The van der Waals surface area contributed by atoms with E-state index < -0.39 is 0 Å². The van der Waals surface area contributed by atoms with Gasteiger partial charge in [0.25, 0.3) is 0 Å². The van der Waals surface area contributed by atoms with Crippen molar-refractivity contribution >= 4 is 11.8 Å². The highest BCUT2D eigenvalue weighted by atomic mass is 16.2. The van der Waals surface area contributed by atoms with Crippen molar-refractivity contribution in [3.8, 4) is 0 Å². The van der Waals surface area contributed by atoms with Gasteiger partial charge in [-0.3, -0.25) is 14.5 Å². The molecule has 0 aromatic carbocycles. The molecule has 0 bridgehead atoms. The molecule has 2 amide bonds. The Labute approximate surface area is 115 Å². The lowest BCUT2D eigenvalue weighted by molar-refractivity contribution is -0.140. The van der Waals surface area contributed by atoms with E-state index in [9.17, 15) is 9.59 Å². The number of amides is 2. The average Bonchev–Trinajstić information content (AvgIpc) is 2.63. The van der Waals surface area contributed by atoms with Crippen molar-refractivity contribution in [2.45, 2.75) is 27.7 Å². The molecule has 4 unspecified atom stereocenters. The fraction of sp³-hybridized carbons (Fsp3) is 0.625. The molecule has 1 saturated carbocycles. The Kier molecular flexibility index (Phi) is 3.00. The molecular formula is C16H23NO2. The molecule has 4 atom stereocenters. The molecule has 3 heteroatoms. The molecule has 1 aliphatic heterocycles. The molecule has 1 saturated heterocycles. The first kappa shape index (κ1) is 14.0. The number of hydrogen-bond acceptors (Lipinski definition) is 2. The number of carbonyl (C=O) groups is 2. The van der Waals surface area contributed by atoms with Crippen LogP contribution in [-0.4, -0.2) is 23.8 Å². The summed E-state index contributed by atoms with van der Waals surface area (Å²) in [5.74, 6) is -0.542. The van der Waals surface area contributed by atoms with Gasteiger partial charge in [-0.05, 0) is 31.1 Å². The minimum atomic E-state index is -0.258. The molecule has 0 radical (unpaired) electrons. The number of likely N-dealkylation sites (tertiary alicyclic amines) is 1. The van der Waals surface area contributed by atoms with Gasteiger partial charge in [0.05, 0.1) is 11.8 Å². The van der Waals surface area contributed by atoms with Crippen LogP contribution in [0.1, 0.15) is 27.7 Å². The van der Waals surface area contributed by atoms with Crippen LogP contribution >= 0.6 is 0 Å². The summed E-state index contributed by atoms with van der Waals surface area (Å²) in [4.78, 5) is 26.1. The number of nitrogens with zero attached hydrogens (tertiary/aromatic N) is 1. The predicted molar refractivity (Wildman–Crippen MR) is 75.1 cm³/mol. The van der Waals surface area contributed by atoms with Crippen LogP contribution in [0.15, 0.2) is 24.3 Å². The first-order valence-electron chi connectivity index (χ1n) is 6.74. The summed E-state index contributed by atoms with van der Waals surface area (Å²) in [5, 5.41) is 0. The second-order valence-corrected chi connectivity index (χ2v) is 6.76. The van der Waals surface area contributed by atoms with E-state index in [0.717, 1.165) is 11.1 Å². The van der Waals surface area contributed by atoms with Crippen molar-refractivity contribution in [2.75, 3.05) is 7.05 Å². The van der Waals surface area contributed by atoms with Crippen LogP contribution in [0.4, 0.5) is 0 Å². The molecule has 0 aromatic heterocycles. The van der Waals surface area contributed by atoms with Gasteiger partial charge in [0.15, 0.2) is 0 Å². The van der Waals surface area contributed by atoms with Gasteiger partial charge in [-0.25, -0.2) is 0 Å². The van der Waals surface area contributed by atoms with Gasteiger partial charge in [0.2, 0.25) is 11.8 Å². The second-order valence-electron chi connectivity index (χ2n) is 6.76. The van der Waals surface area contributed by atoms with E-state index in [0.29, 0.717) is 0 Å². The average molecular weight is 261 g/mol. The highest BCUT2D eigenvalue weighted by molar-refractivity contribution is 6.06. The number of allylic oxidation sites excluding steroid dienone is 2. The maximum absolute atomic E-state index is 12.4. The minimum Gasteiger partial charge on any atom is -0.285 e. The molecule has 2 aliphatic rings. The first-order valence-corrected chi connectivity index (χ1v) is 6.74. The van der Waals surface area contributed by atoms with E-state index in [-0.39, 0.29) is 40.9 Å². The Bertz CT molecular complexity index is 447. The quantitative estimate of drug-likeness (QED) is 0.566. The van der Waals surface area contributed by atoms with Gasteiger partial charge in [-0.2, -0.15) is 0 Å². The summed E-state index contributed by atoms with van der Waals surface area (Å²) >= 11 is 0. The zero-order valence-corrected chi connectivity index (χ0v) is 12.5. The molecule has 3 nitrogen and oxygen atoms in total. The third-order valence-corrected chi connectivity index (χ3v) is 5.00. The van der Waals surface area contributed by atoms with Gasteiger partial charge < -0.3 is 0 Å². The topological polar surface area (TPSA) is 37.4 Å². The van der Waals surface area contributed by atoms with Gasteiger partial charge in [0, 0.05) is 7.05 Å². The van der Waals surface area contributed by atoms with E-state index in [1.54, 1.807) is 7.05 Å². The Morgan fingerprint density at radius 1 is 1.00 bits per heavy atom. The number of imide groups is 1. The summed E-state index contributed by atoms with van der Waals surface area (Å²) in [7, 11) is 1.58. The van der Waals surface area contributed by atoms with E-state index in [1.165, 1.54) is 4.90 Å². The Balaban J connectivity index is 2.61. The summed E-state index contributed by atoms with van der Waals surface area (Å²) in [5.41, 5.74) is 1.82. The largest absolute Gasteiger partial charge is 0.285 e. The normalized spacial score (nSPS) is 36.6. The van der Waals surface area contributed by atoms with Crippen molar-refractivity contribution in [2.24, 2.45) is 29.1 Å². The molecule has 104 valence electrons. The molecule has 1 aliphatic carbocycles. The highest BCUT2D eigenvalue weighted by Gasteiger charge is 2.65. The minimum absolute atomic E-state index is 0.0422. The van der Waals surface area contributed by atoms with Crippen LogP contribution in [0.3, 0.4) is 0 Å². The summed E-state index contributed by atoms with van der Waals surface area (Å²) in [6.45, 7) is 16.3. The predicted octanol–water partition coefficient (Wildman–Crippen LogP) is 2.64. The first-order chi connectivity index (χ1) is 8.62. The molecule has 19 heavy (non-hydrogen) atoms. The molecule has 0 N–H and O–H groups in total. The van der Waals surface area contributed by atoms with Crippen molar-refractivity contribution < 1.29 is 9.59 Å². The summed E-state index contributed by atoms with van der Waals surface area (Å²) < 4.78 is 0. The SMILES string of the molecule is C=C(C)C1C2C(=O)N(C)C(=O)C2C(C(=C)C)C1(C)C. The molecule has 2 rings (SSSR count). The smallest absolute Gasteiger partial charge is 0.233 e. The highest BCUT2D eigenvalue weighted by Crippen LogP contribution is 2.61. The monoisotopic (exact) mass is 261 g/mol. The molecule has 2 fully saturated rings. The van der Waals surface area contributed by atoms with E-state index in [1.807, 2.05) is 13.8 Å². The van der Waals surface area contributed by atoms with Gasteiger partial charge >= 0.3 is 0 Å². The van der Waals surface area contributed by atoms with Crippen LogP contribution in [0.2, 0.25) is 0 Å². The van der Waals surface area contributed by atoms with Crippen molar-refractivity contribution in [3.63, 3.8) is 0 Å². The third-order valence-electron chi connectivity index (χ3n) is 5.00. The van der Waals surface area contributed by atoms with Crippen LogP contribution in [0, 0.1) is 29.1 Å². The maximum atomic E-state index is 12.4. The van der Waals surface area contributed by atoms with E-state index in [2.05, 4.69) is 27.0 Å². The van der Waals surface area contributed by atoms with Crippen LogP contribution in [-0.2, 0) is 9.59 Å². The van der Waals surface area contributed by atoms with Gasteiger partial charge in [-0.15, -0.1) is 0 Å². The lowest BCUT2D eigenvalue weighted by Crippen LogP contribution is -2.37. The Morgan fingerprint density at radius 2 is 1.32 bits per heavy atom. The summed E-state index contributed by atoms with van der Waals surface area (Å²) in [6, 6.07) is 0. The maximum Gasteiger partial charge on any atom is 0.233 e.